The number of hydrogen-bond donors (Lipinski definition) is 1. The van der Waals surface area contributed by atoms with E-state index in [1.54, 1.807) is 18.2 Å². The molecule has 1 aliphatic heterocycles. The molecule has 1 aromatic heterocycles. The molecule has 1 N–H and O–H groups in total. The number of oxazole rings is 1. The Morgan fingerprint density at radius 1 is 1.00 bits per heavy atom. The summed E-state index contributed by atoms with van der Waals surface area (Å²) < 4.78 is 34.1. The number of benzene rings is 2. The summed E-state index contributed by atoms with van der Waals surface area (Å²) in [6.07, 6.45) is 0. The Morgan fingerprint density at radius 2 is 1.65 bits per heavy atom. The molecule has 9 heteroatoms. The standard InChI is InChI=1S/C25H30N4O4S/c1-17-5-8-21(9-6-17)25-27-23(19(3)33-25)16-28-11-13-29(14-12-28)34(31,32)24-15-18(2)7-10-22(24)26-20(4)30/h5-10,15H,11-14,16H2,1-4H3,(H,26,30). The van der Waals surface area contributed by atoms with Gasteiger partial charge >= 0.3 is 0 Å². The lowest BCUT2D eigenvalue weighted by atomic mass is 10.1. The van der Waals surface area contributed by atoms with Crippen molar-refractivity contribution in [2.45, 2.75) is 39.1 Å². The average molecular weight is 483 g/mol. The molecule has 1 fully saturated rings. The number of piperazine rings is 1. The highest BCUT2D eigenvalue weighted by Gasteiger charge is 2.31. The molecule has 4 rings (SSSR count). The van der Waals surface area contributed by atoms with Crippen LogP contribution in [0.25, 0.3) is 11.5 Å². The van der Waals surface area contributed by atoms with Crippen LogP contribution in [0, 0.1) is 20.8 Å². The van der Waals surface area contributed by atoms with Crippen LogP contribution >= 0.6 is 0 Å². The highest BCUT2D eigenvalue weighted by atomic mass is 32.2. The fourth-order valence-electron chi connectivity index (χ4n) is 4.01. The minimum Gasteiger partial charge on any atom is -0.441 e. The van der Waals surface area contributed by atoms with Gasteiger partial charge in [0, 0.05) is 45.2 Å². The lowest BCUT2D eigenvalue weighted by Crippen LogP contribution is -2.48. The Hall–Kier alpha value is -3.01. The zero-order valence-electron chi connectivity index (χ0n) is 20.0. The summed E-state index contributed by atoms with van der Waals surface area (Å²) in [5.74, 6) is 1.06. The molecule has 0 atom stereocenters. The Kier molecular flexibility index (Phi) is 6.88. The lowest BCUT2D eigenvalue weighted by molar-refractivity contribution is -0.114. The number of carbonyl (C=O) groups excluding carboxylic acids is 1. The van der Waals surface area contributed by atoms with E-state index in [0.29, 0.717) is 44.3 Å². The smallest absolute Gasteiger partial charge is 0.245 e. The van der Waals surface area contributed by atoms with Crippen molar-refractivity contribution in [1.29, 1.82) is 0 Å². The van der Waals surface area contributed by atoms with Gasteiger partial charge in [-0.15, -0.1) is 0 Å². The second-order valence-corrected chi connectivity index (χ2v) is 10.7. The highest BCUT2D eigenvalue weighted by Crippen LogP contribution is 2.28. The van der Waals surface area contributed by atoms with E-state index in [-0.39, 0.29) is 10.8 Å². The summed E-state index contributed by atoms with van der Waals surface area (Å²) in [6.45, 7) is 9.60. The summed E-state index contributed by atoms with van der Waals surface area (Å²) in [5, 5.41) is 2.64. The third-order valence-corrected chi connectivity index (χ3v) is 7.90. The predicted octanol–water partition coefficient (Wildman–Crippen LogP) is 3.73. The molecule has 0 spiro atoms. The fraction of sp³-hybridized carbons (Fsp3) is 0.360. The van der Waals surface area contributed by atoms with Gasteiger partial charge in [0.05, 0.1) is 11.4 Å². The average Bonchev–Trinajstić information content (AvgIpc) is 3.15. The van der Waals surface area contributed by atoms with E-state index >= 15 is 0 Å². The number of anilines is 1. The van der Waals surface area contributed by atoms with Crippen LogP contribution in [0.15, 0.2) is 51.8 Å². The van der Waals surface area contributed by atoms with Gasteiger partial charge in [0.15, 0.2) is 0 Å². The number of amides is 1. The summed E-state index contributed by atoms with van der Waals surface area (Å²) in [5.41, 5.74) is 4.09. The van der Waals surface area contributed by atoms with Crippen molar-refractivity contribution in [3.8, 4) is 11.5 Å². The highest BCUT2D eigenvalue weighted by molar-refractivity contribution is 7.89. The normalized spacial score (nSPS) is 15.4. The van der Waals surface area contributed by atoms with Crippen LogP contribution in [0.3, 0.4) is 0 Å². The fourth-order valence-corrected chi connectivity index (χ4v) is 5.66. The molecule has 1 aliphatic rings. The first kappa shape index (κ1) is 24.1. The van der Waals surface area contributed by atoms with Crippen LogP contribution in [0.2, 0.25) is 0 Å². The van der Waals surface area contributed by atoms with E-state index in [4.69, 9.17) is 4.42 Å². The maximum absolute atomic E-state index is 13.4. The topological polar surface area (TPSA) is 95.8 Å². The van der Waals surface area contributed by atoms with Crippen molar-refractivity contribution in [2.75, 3.05) is 31.5 Å². The van der Waals surface area contributed by atoms with Crippen molar-refractivity contribution >= 4 is 21.6 Å². The van der Waals surface area contributed by atoms with Gasteiger partial charge in [-0.1, -0.05) is 23.8 Å². The molecule has 0 saturated carbocycles. The number of sulfonamides is 1. The van der Waals surface area contributed by atoms with E-state index < -0.39 is 10.0 Å². The van der Waals surface area contributed by atoms with E-state index in [0.717, 1.165) is 22.6 Å². The van der Waals surface area contributed by atoms with Gasteiger partial charge in [-0.25, -0.2) is 13.4 Å². The third-order valence-electron chi connectivity index (χ3n) is 5.96. The minimum atomic E-state index is -3.74. The van der Waals surface area contributed by atoms with Crippen LogP contribution in [0.5, 0.6) is 0 Å². The van der Waals surface area contributed by atoms with Gasteiger partial charge in [-0.2, -0.15) is 4.31 Å². The monoisotopic (exact) mass is 482 g/mol. The number of rotatable bonds is 6. The molecule has 0 unspecified atom stereocenters. The van der Waals surface area contributed by atoms with Crippen LogP contribution in [0.4, 0.5) is 5.69 Å². The quantitative estimate of drug-likeness (QED) is 0.575. The number of hydrogen-bond acceptors (Lipinski definition) is 6. The molecule has 0 aliphatic carbocycles. The number of aryl methyl sites for hydroxylation is 3. The maximum atomic E-state index is 13.4. The summed E-state index contributed by atoms with van der Waals surface area (Å²) in [4.78, 5) is 18.6. The lowest BCUT2D eigenvalue weighted by Gasteiger charge is -2.34. The van der Waals surface area contributed by atoms with Crippen LogP contribution in [0.1, 0.15) is 29.5 Å². The molecular weight excluding hydrogens is 452 g/mol. The van der Waals surface area contributed by atoms with E-state index in [1.807, 2.05) is 45.0 Å². The second kappa shape index (κ2) is 9.69. The molecule has 2 heterocycles. The van der Waals surface area contributed by atoms with Gasteiger partial charge in [0.1, 0.15) is 10.7 Å². The molecule has 1 amide bonds. The largest absolute Gasteiger partial charge is 0.441 e. The molecule has 180 valence electrons. The van der Waals surface area contributed by atoms with Gasteiger partial charge in [0.2, 0.25) is 21.8 Å². The Labute approximate surface area is 200 Å². The van der Waals surface area contributed by atoms with Crippen molar-refractivity contribution < 1.29 is 17.6 Å². The minimum absolute atomic E-state index is 0.131. The van der Waals surface area contributed by atoms with Crippen molar-refractivity contribution in [2.24, 2.45) is 0 Å². The van der Waals surface area contributed by atoms with Gasteiger partial charge in [0.25, 0.3) is 0 Å². The van der Waals surface area contributed by atoms with E-state index in [2.05, 4.69) is 15.2 Å². The first-order chi connectivity index (χ1) is 16.1. The Balaban J connectivity index is 1.44. The zero-order chi connectivity index (χ0) is 24.5. The summed E-state index contributed by atoms with van der Waals surface area (Å²) >= 11 is 0. The van der Waals surface area contributed by atoms with Gasteiger partial charge in [-0.05, 0) is 50.6 Å². The molecule has 0 bridgehead atoms. The molecule has 3 aromatic rings. The zero-order valence-corrected chi connectivity index (χ0v) is 20.8. The SMILES string of the molecule is CC(=O)Nc1ccc(C)cc1S(=O)(=O)N1CCN(Cc2nc(-c3ccc(C)cc3)oc2C)CC1. The number of carbonyl (C=O) groups is 1. The molecule has 34 heavy (non-hydrogen) atoms. The number of nitrogens with one attached hydrogen (secondary N) is 1. The molecular formula is C25H30N4O4S. The third kappa shape index (κ3) is 5.22. The first-order valence-electron chi connectivity index (χ1n) is 11.3. The second-order valence-electron chi connectivity index (χ2n) is 8.75. The van der Waals surface area contributed by atoms with E-state index in [9.17, 15) is 13.2 Å². The number of nitrogens with zero attached hydrogens (tertiary/aromatic N) is 3. The summed E-state index contributed by atoms with van der Waals surface area (Å²) in [7, 11) is -3.74. The van der Waals surface area contributed by atoms with Crippen LogP contribution in [-0.2, 0) is 21.4 Å². The molecule has 8 nitrogen and oxygen atoms in total. The molecule has 1 saturated heterocycles. The summed E-state index contributed by atoms with van der Waals surface area (Å²) in [6, 6.07) is 13.1. The molecule has 0 radical (unpaired) electrons. The maximum Gasteiger partial charge on any atom is 0.245 e. The molecule has 2 aromatic carbocycles. The van der Waals surface area contributed by atoms with Crippen LogP contribution in [-0.4, -0.2) is 54.7 Å². The van der Waals surface area contributed by atoms with Crippen molar-refractivity contribution in [1.82, 2.24) is 14.2 Å². The van der Waals surface area contributed by atoms with Crippen molar-refractivity contribution in [3.63, 3.8) is 0 Å². The van der Waals surface area contributed by atoms with E-state index in [1.165, 1.54) is 16.8 Å². The first-order valence-corrected chi connectivity index (χ1v) is 12.7. The number of aromatic nitrogens is 1. The Bertz CT molecular complexity index is 1290. The predicted molar refractivity (Wildman–Crippen MR) is 131 cm³/mol. The van der Waals surface area contributed by atoms with Gasteiger partial charge in [-0.3, -0.25) is 9.69 Å². The van der Waals surface area contributed by atoms with Crippen molar-refractivity contribution in [3.05, 3.63) is 65.0 Å². The Morgan fingerprint density at radius 3 is 2.29 bits per heavy atom. The van der Waals surface area contributed by atoms with Gasteiger partial charge < -0.3 is 9.73 Å². The van der Waals surface area contributed by atoms with Crippen LogP contribution < -0.4 is 5.32 Å².